The number of imide groups is 1. The molecule has 6 nitrogen and oxygen atoms in total. The van der Waals surface area contributed by atoms with Gasteiger partial charge in [0.05, 0.1) is 12.1 Å². The second kappa shape index (κ2) is 10.4. The Morgan fingerprint density at radius 1 is 0.767 bits per heavy atom. The highest BCUT2D eigenvalue weighted by Gasteiger charge is 2.30. The van der Waals surface area contributed by atoms with Gasteiger partial charge in [0.25, 0.3) is 0 Å². The fourth-order valence-corrected chi connectivity index (χ4v) is 3.95. The predicted molar refractivity (Wildman–Crippen MR) is 119 cm³/mol. The third kappa shape index (κ3) is 5.68. The van der Waals surface area contributed by atoms with Gasteiger partial charge < -0.3 is 5.32 Å². The molecular weight excluding hydrogens is 376 g/mol. The number of benzene rings is 2. The summed E-state index contributed by atoms with van der Waals surface area (Å²) in [5.74, 6) is -0.260. The number of carbonyl (C=O) groups excluding carboxylic acids is 2. The van der Waals surface area contributed by atoms with Crippen molar-refractivity contribution in [1.82, 2.24) is 20.4 Å². The Balaban J connectivity index is 1.64. The molecule has 1 atom stereocenters. The lowest BCUT2D eigenvalue weighted by Gasteiger charge is -2.41. The van der Waals surface area contributed by atoms with Gasteiger partial charge in [-0.25, -0.2) is 4.79 Å². The molecule has 2 aromatic rings. The van der Waals surface area contributed by atoms with Crippen LogP contribution in [0.4, 0.5) is 4.79 Å². The summed E-state index contributed by atoms with van der Waals surface area (Å²) in [6.07, 6.45) is 0. The van der Waals surface area contributed by atoms with E-state index in [4.69, 9.17) is 0 Å². The van der Waals surface area contributed by atoms with E-state index in [1.807, 2.05) is 32.9 Å². The molecule has 0 spiro atoms. The molecule has 3 amide bonds. The maximum Gasteiger partial charge on any atom is 0.321 e. The number of amides is 3. The first-order chi connectivity index (χ1) is 14.5. The molecule has 1 heterocycles. The van der Waals surface area contributed by atoms with Gasteiger partial charge in [0.15, 0.2) is 0 Å². The minimum atomic E-state index is -0.436. The molecule has 160 valence electrons. The number of urea groups is 1. The Morgan fingerprint density at radius 2 is 1.23 bits per heavy atom. The first kappa shape index (κ1) is 22.0. The number of hydrogen-bond acceptors (Lipinski definition) is 4. The highest BCUT2D eigenvalue weighted by atomic mass is 16.2. The summed E-state index contributed by atoms with van der Waals surface area (Å²) in [5.41, 5.74) is 2.54. The summed E-state index contributed by atoms with van der Waals surface area (Å²) >= 11 is 0. The van der Waals surface area contributed by atoms with Crippen LogP contribution < -0.4 is 10.6 Å². The molecule has 0 radical (unpaired) electrons. The first-order valence-electron chi connectivity index (χ1n) is 10.6. The standard InChI is InChI=1S/C24H32N4O2/c1-18(2)25-24(30)26-23(29)19(3)27-14-16-28(17-15-27)22(20-10-6-4-7-11-20)21-12-8-5-9-13-21/h4-13,18-19,22H,14-17H2,1-3H3,(H2,25,26,29,30). The summed E-state index contributed by atoms with van der Waals surface area (Å²) in [5, 5.41) is 5.14. The quantitative estimate of drug-likeness (QED) is 0.771. The third-order valence-electron chi connectivity index (χ3n) is 5.53. The van der Waals surface area contributed by atoms with Gasteiger partial charge in [0.1, 0.15) is 0 Å². The van der Waals surface area contributed by atoms with Crippen LogP contribution in [0.15, 0.2) is 60.7 Å². The number of piperazine rings is 1. The lowest BCUT2D eigenvalue weighted by molar-refractivity contribution is -0.125. The fraction of sp³-hybridized carbons (Fsp3) is 0.417. The number of hydrogen-bond donors (Lipinski definition) is 2. The van der Waals surface area contributed by atoms with Gasteiger partial charge in [-0.2, -0.15) is 0 Å². The zero-order chi connectivity index (χ0) is 21.5. The zero-order valence-corrected chi connectivity index (χ0v) is 18.0. The van der Waals surface area contributed by atoms with E-state index in [9.17, 15) is 9.59 Å². The Morgan fingerprint density at radius 3 is 1.70 bits per heavy atom. The van der Waals surface area contributed by atoms with E-state index in [-0.39, 0.29) is 24.0 Å². The van der Waals surface area contributed by atoms with Gasteiger partial charge in [-0.05, 0) is 31.9 Å². The van der Waals surface area contributed by atoms with Crippen molar-refractivity contribution < 1.29 is 9.59 Å². The van der Waals surface area contributed by atoms with E-state index in [1.165, 1.54) is 11.1 Å². The van der Waals surface area contributed by atoms with Gasteiger partial charge in [0.2, 0.25) is 5.91 Å². The van der Waals surface area contributed by atoms with Gasteiger partial charge >= 0.3 is 6.03 Å². The fourth-order valence-electron chi connectivity index (χ4n) is 3.95. The normalized spacial score (nSPS) is 16.4. The molecule has 0 aliphatic carbocycles. The number of nitrogens with one attached hydrogen (secondary N) is 2. The largest absolute Gasteiger partial charge is 0.336 e. The molecule has 1 fully saturated rings. The average molecular weight is 409 g/mol. The van der Waals surface area contributed by atoms with Crippen molar-refractivity contribution in [3.63, 3.8) is 0 Å². The molecular formula is C24H32N4O2. The molecule has 1 aliphatic rings. The summed E-state index contributed by atoms with van der Waals surface area (Å²) < 4.78 is 0. The Kier molecular flexibility index (Phi) is 7.60. The predicted octanol–water partition coefficient (Wildman–Crippen LogP) is 3.02. The number of nitrogens with zero attached hydrogens (tertiary/aromatic N) is 2. The van der Waals surface area contributed by atoms with Crippen LogP contribution in [-0.2, 0) is 4.79 Å². The highest BCUT2D eigenvalue weighted by Crippen LogP contribution is 2.29. The maximum absolute atomic E-state index is 12.5. The van der Waals surface area contributed by atoms with E-state index in [1.54, 1.807) is 0 Å². The van der Waals surface area contributed by atoms with Crippen LogP contribution in [0.3, 0.4) is 0 Å². The molecule has 6 heteroatoms. The minimum Gasteiger partial charge on any atom is -0.336 e. The number of carbonyl (C=O) groups is 2. The highest BCUT2D eigenvalue weighted by molar-refractivity contribution is 5.96. The molecule has 1 saturated heterocycles. The maximum atomic E-state index is 12.5. The molecule has 2 N–H and O–H groups in total. The van der Waals surface area contributed by atoms with Crippen molar-refractivity contribution in [2.45, 2.75) is 38.9 Å². The van der Waals surface area contributed by atoms with E-state index >= 15 is 0 Å². The van der Waals surface area contributed by atoms with Crippen LogP contribution in [0.25, 0.3) is 0 Å². The van der Waals surface area contributed by atoms with Crippen molar-refractivity contribution in [1.29, 1.82) is 0 Å². The van der Waals surface area contributed by atoms with Crippen LogP contribution in [0.2, 0.25) is 0 Å². The Hall–Kier alpha value is -2.70. The molecule has 0 saturated carbocycles. The zero-order valence-electron chi connectivity index (χ0n) is 18.0. The minimum absolute atomic E-state index is 0.00967. The van der Waals surface area contributed by atoms with Crippen molar-refractivity contribution in [3.05, 3.63) is 71.8 Å². The van der Waals surface area contributed by atoms with Gasteiger partial charge in [-0.15, -0.1) is 0 Å². The van der Waals surface area contributed by atoms with Gasteiger partial charge in [-0.1, -0.05) is 60.7 Å². The molecule has 1 unspecified atom stereocenters. The Bertz CT molecular complexity index is 778. The summed E-state index contributed by atoms with van der Waals surface area (Å²) in [6.45, 7) is 8.84. The second-order valence-electron chi connectivity index (χ2n) is 8.09. The van der Waals surface area contributed by atoms with Crippen molar-refractivity contribution in [2.75, 3.05) is 26.2 Å². The van der Waals surface area contributed by atoms with Crippen molar-refractivity contribution >= 4 is 11.9 Å². The molecule has 30 heavy (non-hydrogen) atoms. The smallest absolute Gasteiger partial charge is 0.321 e. The lowest BCUT2D eigenvalue weighted by atomic mass is 9.96. The van der Waals surface area contributed by atoms with Gasteiger partial charge in [0, 0.05) is 32.2 Å². The van der Waals surface area contributed by atoms with E-state index in [0.29, 0.717) is 0 Å². The van der Waals surface area contributed by atoms with Crippen LogP contribution >= 0.6 is 0 Å². The molecule has 3 rings (SSSR count). The second-order valence-corrected chi connectivity index (χ2v) is 8.09. The molecule has 0 aromatic heterocycles. The number of rotatable bonds is 6. The van der Waals surface area contributed by atoms with Crippen LogP contribution in [0, 0.1) is 0 Å². The monoisotopic (exact) mass is 408 g/mol. The van der Waals surface area contributed by atoms with E-state index < -0.39 is 6.03 Å². The third-order valence-corrected chi connectivity index (χ3v) is 5.53. The van der Waals surface area contributed by atoms with Crippen LogP contribution in [0.1, 0.15) is 37.9 Å². The molecule has 1 aliphatic heterocycles. The summed E-state index contributed by atoms with van der Waals surface area (Å²) in [6, 6.07) is 20.5. The SMILES string of the molecule is CC(C)NC(=O)NC(=O)C(C)N1CCN(C(c2ccccc2)c2ccccc2)CC1. The summed E-state index contributed by atoms with van der Waals surface area (Å²) in [4.78, 5) is 28.9. The van der Waals surface area contributed by atoms with Crippen LogP contribution in [-0.4, -0.2) is 60.0 Å². The first-order valence-corrected chi connectivity index (χ1v) is 10.6. The van der Waals surface area contributed by atoms with Gasteiger partial charge in [-0.3, -0.25) is 19.9 Å². The molecule has 2 aromatic carbocycles. The topological polar surface area (TPSA) is 64.7 Å². The lowest BCUT2D eigenvalue weighted by Crippen LogP contribution is -2.56. The average Bonchev–Trinajstić information content (AvgIpc) is 2.75. The summed E-state index contributed by atoms with van der Waals surface area (Å²) in [7, 11) is 0. The molecule has 0 bridgehead atoms. The van der Waals surface area contributed by atoms with E-state index in [2.05, 4.69) is 69.0 Å². The van der Waals surface area contributed by atoms with E-state index in [0.717, 1.165) is 26.2 Å². The van der Waals surface area contributed by atoms with Crippen LogP contribution in [0.5, 0.6) is 0 Å². The Labute approximate surface area is 179 Å². The van der Waals surface area contributed by atoms with Crippen molar-refractivity contribution in [3.8, 4) is 0 Å². The van der Waals surface area contributed by atoms with Crippen molar-refractivity contribution in [2.24, 2.45) is 0 Å².